The Bertz CT molecular complexity index is 546. The number of pyridine rings is 1. The summed E-state index contributed by atoms with van der Waals surface area (Å²) >= 11 is 5.77. The van der Waals surface area contributed by atoms with E-state index in [1.54, 1.807) is 24.3 Å². The molecular weight excluding hydrogens is 253 g/mol. The minimum atomic E-state index is -0.202. The molecule has 3 nitrogen and oxygen atoms in total. The van der Waals surface area contributed by atoms with Crippen molar-refractivity contribution in [3.05, 3.63) is 52.9 Å². The summed E-state index contributed by atoms with van der Waals surface area (Å²) in [5.74, 6) is 0.324. The fraction of sp³-hybridized carbons (Fsp3) is 0.154. The molecule has 2 aromatic rings. The monoisotopic (exact) mass is 265 g/mol. The maximum Gasteiger partial charge on any atom is 0.150 e. The van der Waals surface area contributed by atoms with E-state index in [2.05, 4.69) is 10.3 Å². The molecule has 0 aliphatic rings. The third-order valence-electron chi connectivity index (χ3n) is 2.54. The molecule has 5 heteroatoms. The van der Waals surface area contributed by atoms with E-state index in [1.807, 2.05) is 6.07 Å². The number of anilines is 2. The van der Waals surface area contributed by atoms with Gasteiger partial charge in [-0.05, 0) is 30.2 Å². The average Bonchev–Trinajstić information content (AvgIpc) is 2.36. The fourth-order valence-corrected chi connectivity index (χ4v) is 1.75. The van der Waals surface area contributed by atoms with E-state index in [0.717, 1.165) is 0 Å². The number of nitrogens with two attached hydrogens (primary N) is 1. The van der Waals surface area contributed by atoms with Crippen molar-refractivity contribution in [1.82, 2.24) is 4.98 Å². The first kappa shape index (κ1) is 12.6. The third kappa shape index (κ3) is 3.11. The first-order chi connectivity index (χ1) is 8.66. The summed E-state index contributed by atoms with van der Waals surface area (Å²) in [5, 5.41) is 3.42. The number of hydrogen-bond donors (Lipinski definition) is 2. The van der Waals surface area contributed by atoms with Crippen molar-refractivity contribution in [2.24, 2.45) is 0 Å². The Kier molecular flexibility index (Phi) is 3.99. The number of nitrogens with zero attached hydrogens (tertiary/aromatic N) is 1. The van der Waals surface area contributed by atoms with Crippen LogP contribution in [-0.4, -0.2) is 11.5 Å². The highest BCUT2D eigenvalue weighted by Gasteiger charge is 2.03. The Labute approximate surface area is 110 Å². The number of aromatic nitrogens is 1. The lowest BCUT2D eigenvalue weighted by Crippen LogP contribution is -2.09. The van der Waals surface area contributed by atoms with Gasteiger partial charge in [0.25, 0.3) is 0 Å². The molecule has 1 heterocycles. The first-order valence-corrected chi connectivity index (χ1v) is 5.94. The molecule has 0 atom stereocenters. The van der Waals surface area contributed by atoms with E-state index in [9.17, 15) is 4.39 Å². The van der Waals surface area contributed by atoms with Gasteiger partial charge in [0.2, 0.25) is 0 Å². The number of rotatable bonds is 4. The number of nitrogens with one attached hydrogen (secondary N) is 1. The number of benzene rings is 1. The second kappa shape index (κ2) is 5.69. The molecule has 0 aliphatic carbocycles. The molecule has 0 fully saturated rings. The lowest BCUT2D eigenvalue weighted by Gasteiger charge is -2.08. The van der Waals surface area contributed by atoms with Gasteiger partial charge in [0, 0.05) is 6.54 Å². The van der Waals surface area contributed by atoms with Crippen molar-refractivity contribution in [3.8, 4) is 0 Å². The summed E-state index contributed by atoms with van der Waals surface area (Å²) in [5.41, 5.74) is 6.92. The van der Waals surface area contributed by atoms with Gasteiger partial charge in [-0.3, -0.25) is 0 Å². The Morgan fingerprint density at radius 3 is 2.78 bits per heavy atom. The van der Waals surface area contributed by atoms with Crippen LogP contribution in [0.5, 0.6) is 0 Å². The molecule has 94 valence electrons. The molecule has 0 aliphatic heterocycles. The second-order valence-electron chi connectivity index (χ2n) is 3.84. The Morgan fingerprint density at radius 2 is 2.00 bits per heavy atom. The smallest absolute Gasteiger partial charge is 0.150 e. The van der Waals surface area contributed by atoms with Crippen LogP contribution >= 0.6 is 11.6 Å². The zero-order valence-corrected chi connectivity index (χ0v) is 10.4. The van der Waals surface area contributed by atoms with Crippen molar-refractivity contribution < 1.29 is 4.39 Å². The topological polar surface area (TPSA) is 50.9 Å². The molecular formula is C13H13ClFN3. The summed E-state index contributed by atoms with van der Waals surface area (Å²) in [6.45, 7) is 0.540. The first-order valence-electron chi connectivity index (χ1n) is 5.56. The van der Waals surface area contributed by atoms with E-state index in [4.69, 9.17) is 17.3 Å². The Morgan fingerprint density at radius 1 is 1.22 bits per heavy atom. The van der Waals surface area contributed by atoms with Crippen LogP contribution in [-0.2, 0) is 6.42 Å². The molecule has 3 N–H and O–H groups in total. The van der Waals surface area contributed by atoms with Gasteiger partial charge in [0.1, 0.15) is 11.0 Å². The summed E-state index contributed by atoms with van der Waals surface area (Å²) in [6, 6.07) is 9.99. The summed E-state index contributed by atoms with van der Waals surface area (Å²) in [4.78, 5) is 4.06. The van der Waals surface area contributed by atoms with Crippen molar-refractivity contribution >= 4 is 23.1 Å². The van der Waals surface area contributed by atoms with Crippen LogP contribution in [0.1, 0.15) is 5.56 Å². The normalized spacial score (nSPS) is 10.3. The molecule has 1 aromatic heterocycles. The number of nitrogen functional groups attached to an aromatic ring is 1. The molecule has 0 saturated heterocycles. The van der Waals surface area contributed by atoms with Crippen LogP contribution in [0.2, 0.25) is 5.15 Å². The lowest BCUT2D eigenvalue weighted by molar-refractivity contribution is 0.610. The van der Waals surface area contributed by atoms with Gasteiger partial charge < -0.3 is 11.1 Å². The standard InChI is InChI=1S/C13H13ClFN3/c14-12-6-5-11(16)13(18-12)17-8-7-9-3-1-2-4-10(9)15/h1-6H,7-8,16H2,(H,17,18). The van der Waals surface area contributed by atoms with E-state index < -0.39 is 0 Å². The summed E-state index contributed by atoms with van der Waals surface area (Å²) in [6.07, 6.45) is 0.556. The Balaban J connectivity index is 1.96. The van der Waals surface area contributed by atoms with Gasteiger partial charge in [0.15, 0.2) is 5.82 Å². The van der Waals surface area contributed by atoms with Gasteiger partial charge in [-0.25, -0.2) is 9.37 Å². The van der Waals surface area contributed by atoms with Crippen molar-refractivity contribution in [1.29, 1.82) is 0 Å². The fourth-order valence-electron chi connectivity index (χ4n) is 1.60. The van der Waals surface area contributed by atoms with Gasteiger partial charge >= 0.3 is 0 Å². The lowest BCUT2D eigenvalue weighted by atomic mass is 10.1. The second-order valence-corrected chi connectivity index (χ2v) is 4.23. The number of halogens is 2. The van der Waals surface area contributed by atoms with Gasteiger partial charge in [-0.15, -0.1) is 0 Å². The maximum atomic E-state index is 13.4. The van der Waals surface area contributed by atoms with Crippen LogP contribution in [0.15, 0.2) is 36.4 Å². The van der Waals surface area contributed by atoms with E-state index in [0.29, 0.717) is 35.2 Å². The average molecular weight is 266 g/mol. The quantitative estimate of drug-likeness (QED) is 0.835. The van der Waals surface area contributed by atoms with Crippen LogP contribution in [0, 0.1) is 5.82 Å². The molecule has 0 radical (unpaired) electrons. The van der Waals surface area contributed by atoms with E-state index in [1.165, 1.54) is 6.07 Å². The van der Waals surface area contributed by atoms with E-state index in [-0.39, 0.29) is 5.82 Å². The molecule has 0 unspecified atom stereocenters. The van der Waals surface area contributed by atoms with E-state index >= 15 is 0 Å². The number of hydrogen-bond acceptors (Lipinski definition) is 3. The molecule has 2 rings (SSSR count). The van der Waals surface area contributed by atoms with Gasteiger partial charge in [-0.2, -0.15) is 0 Å². The molecule has 0 bridgehead atoms. The van der Waals surface area contributed by atoms with Gasteiger partial charge in [0.05, 0.1) is 5.69 Å². The predicted molar refractivity (Wildman–Crippen MR) is 72.3 cm³/mol. The van der Waals surface area contributed by atoms with Crippen LogP contribution in [0.25, 0.3) is 0 Å². The molecule has 0 saturated carbocycles. The van der Waals surface area contributed by atoms with Crippen molar-refractivity contribution in [2.45, 2.75) is 6.42 Å². The van der Waals surface area contributed by atoms with Crippen molar-refractivity contribution in [2.75, 3.05) is 17.6 Å². The zero-order chi connectivity index (χ0) is 13.0. The highest BCUT2D eigenvalue weighted by atomic mass is 35.5. The van der Waals surface area contributed by atoms with Crippen LogP contribution in [0.4, 0.5) is 15.9 Å². The zero-order valence-electron chi connectivity index (χ0n) is 9.66. The van der Waals surface area contributed by atoms with Crippen LogP contribution in [0.3, 0.4) is 0 Å². The molecule has 18 heavy (non-hydrogen) atoms. The summed E-state index contributed by atoms with van der Waals surface area (Å²) in [7, 11) is 0. The Hall–Kier alpha value is -1.81. The molecule has 0 spiro atoms. The minimum Gasteiger partial charge on any atom is -0.396 e. The highest BCUT2D eigenvalue weighted by Crippen LogP contribution is 2.18. The molecule has 1 aromatic carbocycles. The minimum absolute atomic E-state index is 0.202. The SMILES string of the molecule is Nc1ccc(Cl)nc1NCCc1ccccc1F. The largest absolute Gasteiger partial charge is 0.396 e. The molecule has 0 amide bonds. The third-order valence-corrected chi connectivity index (χ3v) is 2.75. The summed E-state index contributed by atoms with van der Waals surface area (Å²) < 4.78 is 13.4. The highest BCUT2D eigenvalue weighted by molar-refractivity contribution is 6.29. The van der Waals surface area contributed by atoms with Crippen LogP contribution < -0.4 is 11.1 Å². The predicted octanol–water partition coefficient (Wildman–Crippen LogP) is 3.11. The van der Waals surface area contributed by atoms with Gasteiger partial charge in [-0.1, -0.05) is 29.8 Å². The maximum absolute atomic E-state index is 13.4. The van der Waals surface area contributed by atoms with Crippen molar-refractivity contribution in [3.63, 3.8) is 0 Å².